The molecular formula is C14H15Cl5N2O3. The lowest BCUT2D eigenvalue weighted by Crippen LogP contribution is -2.49. The van der Waals surface area contributed by atoms with E-state index in [-0.39, 0.29) is 12.7 Å². The van der Waals surface area contributed by atoms with Gasteiger partial charge < -0.3 is 14.8 Å². The van der Waals surface area contributed by atoms with Crippen molar-refractivity contribution in [1.82, 2.24) is 5.32 Å². The number of hydrogen-bond acceptors (Lipinski definition) is 4. The average molecular weight is 437 g/mol. The van der Waals surface area contributed by atoms with Crippen LogP contribution in [0.3, 0.4) is 0 Å². The van der Waals surface area contributed by atoms with Gasteiger partial charge in [0.25, 0.3) is 0 Å². The second kappa shape index (κ2) is 8.88. The maximum atomic E-state index is 11.9. The van der Waals surface area contributed by atoms with Crippen LogP contribution in [0.25, 0.3) is 0 Å². The van der Waals surface area contributed by atoms with Crippen molar-refractivity contribution in [2.75, 3.05) is 18.5 Å². The molecule has 0 bridgehead atoms. The molecule has 1 aromatic carbocycles. The number of nitrogens with one attached hydrogen (secondary N) is 2. The number of halogens is 5. The molecule has 1 aromatic rings. The summed E-state index contributed by atoms with van der Waals surface area (Å²) in [6, 6.07) is 4.76. The van der Waals surface area contributed by atoms with Gasteiger partial charge in [0.15, 0.2) is 0 Å². The quantitative estimate of drug-likeness (QED) is 0.503. The van der Waals surface area contributed by atoms with Crippen molar-refractivity contribution in [1.29, 1.82) is 0 Å². The highest BCUT2D eigenvalue weighted by atomic mass is 35.6. The third-order valence-electron chi connectivity index (χ3n) is 3.24. The van der Waals surface area contributed by atoms with Crippen LogP contribution < -0.4 is 10.6 Å². The van der Waals surface area contributed by atoms with Crippen LogP contribution in [-0.4, -0.2) is 35.4 Å². The Morgan fingerprint density at radius 2 is 2.08 bits per heavy atom. The Balaban J connectivity index is 1.94. The fraction of sp³-hybridized carbons (Fsp3) is 0.500. The first-order valence-corrected chi connectivity index (χ1v) is 8.98. The van der Waals surface area contributed by atoms with Gasteiger partial charge in [-0.15, -0.1) is 0 Å². The standard InChI is InChI=1S/C14H15Cl5N2O3/c15-10-4-3-8(6-11(10)16)20-12(14(17,18)19)21-13(22)24-7-9-2-1-5-23-9/h3-4,6,9,12,20H,1-2,5,7H2,(H,21,22)/t9-,12-/m1/s1. The number of ether oxygens (including phenoxy) is 2. The van der Waals surface area contributed by atoms with Gasteiger partial charge in [-0.25, -0.2) is 4.79 Å². The molecule has 2 N–H and O–H groups in total. The Bertz CT molecular complexity index is 576. The van der Waals surface area contributed by atoms with Crippen LogP contribution in [0.15, 0.2) is 18.2 Å². The first-order valence-electron chi connectivity index (χ1n) is 7.09. The van der Waals surface area contributed by atoms with Gasteiger partial charge in [-0.05, 0) is 31.0 Å². The van der Waals surface area contributed by atoms with Crippen molar-refractivity contribution in [3.05, 3.63) is 28.2 Å². The van der Waals surface area contributed by atoms with Crippen LogP contribution in [0.4, 0.5) is 10.5 Å². The largest absolute Gasteiger partial charge is 0.447 e. The minimum absolute atomic E-state index is 0.0926. The fourth-order valence-electron chi connectivity index (χ4n) is 2.06. The summed E-state index contributed by atoms with van der Waals surface area (Å²) in [6.45, 7) is 0.816. The minimum Gasteiger partial charge on any atom is -0.447 e. The van der Waals surface area contributed by atoms with Gasteiger partial charge in [0.1, 0.15) is 12.8 Å². The van der Waals surface area contributed by atoms with E-state index in [1.165, 1.54) is 0 Å². The van der Waals surface area contributed by atoms with Gasteiger partial charge in [0.2, 0.25) is 3.79 Å². The third-order valence-corrected chi connectivity index (χ3v) is 4.64. The molecule has 1 fully saturated rings. The molecule has 1 amide bonds. The van der Waals surface area contributed by atoms with E-state index >= 15 is 0 Å². The first kappa shape index (κ1) is 20.0. The van der Waals surface area contributed by atoms with E-state index in [0.717, 1.165) is 12.8 Å². The molecule has 1 aliphatic heterocycles. The number of alkyl carbamates (subject to hydrolysis) is 1. The highest BCUT2D eigenvalue weighted by molar-refractivity contribution is 6.68. The summed E-state index contributed by atoms with van der Waals surface area (Å²) in [4.78, 5) is 11.9. The molecule has 10 heteroatoms. The first-order chi connectivity index (χ1) is 11.3. The molecule has 0 unspecified atom stereocenters. The van der Waals surface area contributed by atoms with Crippen LogP contribution >= 0.6 is 58.0 Å². The summed E-state index contributed by atoms with van der Waals surface area (Å²) >= 11 is 29.5. The van der Waals surface area contributed by atoms with Gasteiger partial charge in [-0.2, -0.15) is 0 Å². The lowest BCUT2D eigenvalue weighted by Gasteiger charge is -2.27. The number of carbonyl (C=O) groups excluding carboxylic acids is 1. The van der Waals surface area contributed by atoms with Crippen molar-refractivity contribution >= 4 is 69.8 Å². The molecule has 1 saturated heterocycles. The Morgan fingerprint density at radius 1 is 1.33 bits per heavy atom. The molecule has 5 nitrogen and oxygen atoms in total. The van der Waals surface area contributed by atoms with E-state index in [1.54, 1.807) is 18.2 Å². The molecular weight excluding hydrogens is 421 g/mol. The number of amides is 1. The molecule has 134 valence electrons. The smallest absolute Gasteiger partial charge is 0.408 e. The van der Waals surface area contributed by atoms with Gasteiger partial charge in [-0.1, -0.05) is 58.0 Å². The highest BCUT2D eigenvalue weighted by Crippen LogP contribution is 2.32. The summed E-state index contributed by atoms with van der Waals surface area (Å²) in [5.41, 5.74) is 0.514. The SMILES string of the molecule is O=C(N[C@@H](Nc1ccc(Cl)c(Cl)c1)C(Cl)(Cl)Cl)OC[C@H]1CCCO1. The van der Waals surface area contributed by atoms with Crippen LogP contribution in [0.1, 0.15) is 12.8 Å². The van der Waals surface area contributed by atoms with Crippen LogP contribution in [0.2, 0.25) is 10.0 Å². The van der Waals surface area contributed by atoms with Gasteiger partial charge in [0, 0.05) is 12.3 Å². The Hall–Kier alpha value is -0.300. The zero-order chi connectivity index (χ0) is 17.7. The molecule has 0 saturated carbocycles. The van der Waals surface area contributed by atoms with Crippen LogP contribution in [-0.2, 0) is 9.47 Å². The number of hydrogen-bond donors (Lipinski definition) is 2. The number of rotatable bonds is 5. The molecule has 1 heterocycles. The maximum Gasteiger partial charge on any atom is 0.408 e. The molecule has 0 aliphatic carbocycles. The predicted octanol–water partition coefficient (Wildman–Crippen LogP) is 5.01. The summed E-state index contributed by atoms with van der Waals surface area (Å²) in [5, 5.41) is 6.04. The second-order valence-corrected chi connectivity index (χ2v) is 8.31. The third kappa shape index (κ3) is 6.21. The zero-order valence-corrected chi connectivity index (χ0v) is 16.1. The Labute approximate surface area is 164 Å². The van der Waals surface area contributed by atoms with Gasteiger partial charge in [-0.3, -0.25) is 5.32 Å². The zero-order valence-electron chi connectivity index (χ0n) is 12.3. The van der Waals surface area contributed by atoms with Crippen LogP contribution in [0, 0.1) is 0 Å². The summed E-state index contributed by atoms with van der Waals surface area (Å²) in [7, 11) is 0. The van der Waals surface area contributed by atoms with Gasteiger partial charge in [0.05, 0.1) is 16.1 Å². The highest BCUT2D eigenvalue weighted by Gasteiger charge is 2.34. The van der Waals surface area contributed by atoms with Gasteiger partial charge >= 0.3 is 6.09 Å². The molecule has 2 rings (SSSR count). The number of benzene rings is 1. The van der Waals surface area contributed by atoms with Crippen molar-refractivity contribution in [2.24, 2.45) is 0 Å². The number of carbonyl (C=O) groups is 1. The normalized spacial score (nSPS) is 19.0. The average Bonchev–Trinajstić information content (AvgIpc) is 3.00. The van der Waals surface area contributed by atoms with Crippen molar-refractivity contribution in [3.8, 4) is 0 Å². The lowest BCUT2D eigenvalue weighted by molar-refractivity contribution is 0.0432. The number of alkyl halides is 3. The molecule has 24 heavy (non-hydrogen) atoms. The summed E-state index contributed by atoms with van der Waals surface area (Å²) < 4.78 is 8.64. The topological polar surface area (TPSA) is 59.6 Å². The molecule has 1 aliphatic rings. The predicted molar refractivity (Wildman–Crippen MR) is 97.6 cm³/mol. The number of anilines is 1. The second-order valence-electron chi connectivity index (χ2n) is 5.13. The Kier molecular flexibility index (Phi) is 7.40. The summed E-state index contributed by atoms with van der Waals surface area (Å²) in [6.07, 6.45) is -0.0651. The van der Waals surface area contributed by atoms with E-state index in [2.05, 4.69) is 10.6 Å². The summed E-state index contributed by atoms with van der Waals surface area (Å²) in [5.74, 6) is 0. The minimum atomic E-state index is -1.82. The monoisotopic (exact) mass is 434 g/mol. The fourth-order valence-corrected chi connectivity index (χ4v) is 2.68. The van der Waals surface area contributed by atoms with E-state index < -0.39 is 16.1 Å². The van der Waals surface area contributed by atoms with E-state index in [1.807, 2.05) is 0 Å². The van der Waals surface area contributed by atoms with Crippen molar-refractivity contribution < 1.29 is 14.3 Å². The Morgan fingerprint density at radius 3 is 2.67 bits per heavy atom. The van der Waals surface area contributed by atoms with Crippen molar-refractivity contribution in [3.63, 3.8) is 0 Å². The van der Waals surface area contributed by atoms with Crippen molar-refractivity contribution in [2.45, 2.75) is 28.9 Å². The van der Waals surface area contributed by atoms with E-state index in [9.17, 15) is 4.79 Å². The van der Waals surface area contributed by atoms with E-state index in [0.29, 0.717) is 22.3 Å². The molecule has 2 atom stereocenters. The van der Waals surface area contributed by atoms with Crippen LogP contribution in [0.5, 0.6) is 0 Å². The molecule has 0 spiro atoms. The molecule has 0 aromatic heterocycles. The lowest BCUT2D eigenvalue weighted by atomic mass is 10.2. The van der Waals surface area contributed by atoms with E-state index in [4.69, 9.17) is 67.5 Å². The maximum absolute atomic E-state index is 11.9. The molecule has 0 radical (unpaired) electrons.